The molecule has 0 radical (unpaired) electrons. The van der Waals surface area contributed by atoms with E-state index in [0.29, 0.717) is 37.0 Å². The van der Waals surface area contributed by atoms with Crippen molar-refractivity contribution in [2.45, 2.75) is 64.3 Å². The Balaban J connectivity index is 1.38. The predicted molar refractivity (Wildman–Crippen MR) is 129 cm³/mol. The molecule has 2 aliphatic rings. The van der Waals surface area contributed by atoms with Crippen molar-refractivity contribution >= 4 is 11.8 Å². The van der Waals surface area contributed by atoms with Gasteiger partial charge in [0.05, 0.1) is 12.2 Å². The first-order chi connectivity index (χ1) is 18.0. The highest BCUT2D eigenvalue weighted by Crippen LogP contribution is 2.27. The molecule has 0 unspecified atom stereocenters. The number of hydrogen-bond donors (Lipinski definition) is 1. The van der Waals surface area contributed by atoms with Gasteiger partial charge >= 0.3 is 0 Å². The Morgan fingerprint density at radius 2 is 1.78 bits per heavy atom. The van der Waals surface area contributed by atoms with E-state index in [1.807, 2.05) is 6.92 Å². The number of carbonyl (C=O) groups excluding carboxylic acids is 2. The number of nitrogens with zero attached hydrogens (tertiary/aromatic N) is 5. The van der Waals surface area contributed by atoms with Gasteiger partial charge in [0.25, 0.3) is 5.91 Å². The first-order valence-corrected chi connectivity index (χ1v) is 12.7. The van der Waals surface area contributed by atoms with E-state index in [1.165, 1.54) is 9.70 Å². The smallest absolute Gasteiger partial charge is 0.250 e. The molecule has 5 heterocycles. The summed E-state index contributed by atoms with van der Waals surface area (Å²) in [5.74, 6) is 1.79. The van der Waals surface area contributed by atoms with Crippen LogP contribution in [0.3, 0.4) is 0 Å². The van der Waals surface area contributed by atoms with Gasteiger partial charge in [0.2, 0.25) is 11.7 Å². The van der Waals surface area contributed by atoms with E-state index in [0.717, 1.165) is 31.4 Å². The highest BCUT2D eigenvalue weighted by atomic mass is 16.5. The van der Waals surface area contributed by atoms with Crippen LogP contribution in [0.4, 0.5) is 0 Å². The molecule has 0 aromatic carbocycles. The monoisotopic (exact) mass is 512 g/mol. The second kappa shape index (κ2) is 11.3. The number of tetrazole rings is 1. The molecule has 1 N–H and O–H groups in total. The summed E-state index contributed by atoms with van der Waals surface area (Å²) in [7, 11) is 0. The summed E-state index contributed by atoms with van der Waals surface area (Å²) >= 11 is 0. The van der Waals surface area contributed by atoms with Crippen LogP contribution in [-0.4, -0.2) is 75.4 Å². The molecule has 5 rings (SSSR count). The Hall–Kier alpha value is -3.51. The Morgan fingerprint density at radius 3 is 2.43 bits per heavy atom. The van der Waals surface area contributed by atoms with Gasteiger partial charge in [-0.05, 0) is 69.0 Å². The first kappa shape index (κ1) is 25.2. The van der Waals surface area contributed by atoms with Crippen molar-refractivity contribution in [3.63, 3.8) is 0 Å². The quantitative estimate of drug-likeness (QED) is 0.433. The zero-order valence-corrected chi connectivity index (χ0v) is 21.1. The minimum absolute atomic E-state index is 0.0340. The number of furan rings is 2. The summed E-state index contributed by atoms with van der Waals surface area (Å²) < 4.78 is 22.9. The van der Waals surface area contributed by atoms with Gasteiger partial charge in [-0.3, -0.25) is 9.59 Å². The van der Waals surface area contributed by atoms with Crippen molar-refractivity contribution in [2.24, 2.45) is 0 Å². The molecule has 3 aromatic heterocycles. The lowest BCUT2D eigenvalue weighted by molar-refractivity contribution is -0.144. The lowest BCUT2D eigenvalue weighted by Crippen LogP contribution is -2.48. The van der Waals surface area contributed by atoms with E-state index in [1.54, 1.807) is 31.2 Å². The zero-order valence-electron chi connectivity index (χ0n) is 21.1. The van der Waals surface area contributed by atoms with Crippen molar-refractivity contribution in [3.05, 3.63) is 41.5 Å². The molecule has 0 spiro atoms. The molecular weight excluding hydrogens is 480 g/mol. The van der Waals surface area contributed by atoms with Gasteiger partial charge in [-0.1, -0.05) is 0 Å². The van der Waals surface area contributed by atoms with Gasteiger partial charge in [0.1, 0.15) is 23.8 Å². The molecule has 3 atom stereocenters. The maximum absolute atomic E-state index is 13.7. The van der Waals surface area contributed by atoms with Crippen LogP contribution in [0, 0.1) is 13.8 Å². The van der Waals surface area contributed by atoms with Crippen LogP contribution in [0.1, 0.15) is 49.0 Å². The van der Waals surface area contributed by atoms with Crippen LogP contribution >= 0.6 is 0 Å². The van der Waals surface area contributed by atoms with Crippen LogP contribution in [-0.2, 0) is 25.6 Å². The third kappa shape index (κ3) is 6.08. The van der Waals surface area contributed by atoms with Crippen LogP contribution in [0.25, 0.3) is 11.6 Å². The number of hydrogen-bond acceptors (Lipinski definition) is 9. The number of ether oxygens (including phenoxy) is 2. The maximum Gasteiger partial charge on any atom is 0.250 e. The SMILES string of the molecule is Cc1ccc(-c2nnn(CC(=O)N(C[C@@H]3CCCO3)[C@H](C(=O)NC[C@@H]3CCCO3)c3ccc(C)o3)n2)o1. The summed E-state index contributed by atoms with van der Waals surface area (Å²) in [5.41, 5.74) is 0. The summed E-state index contributed by atoms with van der Waals surface area (Å²) in [6, 6.07) is 6.07. The average Bonchev–Trinajstić information content (AvgIpc) is 3.69. The lowest BCUT2D eigenvalue weighted by atomic mass is 10.1. The van der Waals surface area contributed by atoms with E-state index >= 15 is 0 Å². The van der Waals surface area contributed by atoms with Crippen molar-refractivity contribution in [1.29, 1.82) is 0 Å². The van der Waals surface area contributed by atoms with E-state index in [-0.39, 0.29) is 42.9 Å². The summed E-state index contributed by atoms with van der Waals surface area (Å²) in [5, 5.41) is 15.3. The molecule has 12 nitrogen and oxygen atoms in total. The normalized spacial score (nSPS) is 20.3. The Labute approximate surface area is 214 Å². The van der Waals surface area contributed by atoms with Gasteiger partial charge in [0, 0.05) is 26.3 Å². The van der Waals surface area contributed by atoms with Gasteiger partial charge in [0.15, 0.2) is 11.8 Å². The fraction of sp³-hybridized carbons (Fsp3) is 0.560. The summed E-state index contributed by atoms with van der Waals surface area (Å²) in [6.45, 7) is 5.32. The van der Waals surface area contributed by atoms with Crippen LogP contribution < -0.4 is 5.32 Å². The molecule has 3 aromatic rings. The van der Waals surface area contributed by atoms with Crippen molar-refractivity contribution in [3.8, 4) is 11.6 Å². The van der Waals surface area contributed by atoms with Gasteiger partial charge < -0.3 is 28.5 Å². The zero-order chi connectivity index (χ0) is 25.8. The molecule has 0 aliphatic carbocycles. The fourth-order valence-electron chi connectivity index (χ4n) is 4.68. The highest BCUT2D eigenvalue weighted by Gasteiger charge is 2.37. The Bertz CT molecular complexity index is 1210. The predicted octanol–water partition coefficient (Wildman–Crippen LogP) is 2.19. The molecule has 2 fully saturated rings. The van der Waals surface area contributed by atoms with E-state index < -0.39 is 6.04 Å². The van der Waals surface area contributed by atoms with Crippen LogP contribution in [0.15, 0.2) is 33.1 Å². The topological polar surface area (TPSA) is 138 Å². The molecule has 198 valence electrons. The van der Waals surface area contributed by atoms with Gasteiger partial charge in [-0.15, -0.1) is 10.2 Å². The number of carbonyl (C=O) groups is 2. The number of rotatable bonds is 10. The fourth-order valence-corrected chi connectivity index (χ4v) is 4.68. The van der Waals surface area contributed by atoms with E-state index in [4.69, 9.17) is 18.3 Å². The number of nitrogens with one attached hydrogen (secondary N) is 1. The molecule has 2 saturated heterocycles. The summed E-state index contributed by atoms with van der Waals surface area (Å²) in [6.07, 6.45) is 3.34. The highest BCUT2D eigenvalue weighted by molar-refractivity contribution is 5.88. The number of amides is 2. The van der Waals surface area contributed by atoms with Crippen molar-refractivity contribution in [1.82, 2.24) is 30.4 Å². The third-order valence-electron chi connectivity index (χ3n) is 6.55. The summed E-state index contributed by atoms with van der Waals surface area (Å²) in [4.78, 5) is 30.0. The minimum atomic E-state index is -0.984. The molecule has 0 saturated carbocycles. The van der Waals surface area contributed by atoms with Gasteiger partial charge in [-0.2, -0.15) is 4.80 Å². The van der Waals surface area contributed by atoms with Crippen molar-refractivity contribution < 1.29 is 27.9 Å². The van der Waals surface area contributed by atoms with E-state index in [2.05, 4.69) is 20.7 Å². The average molecular weight is 513 g/mol. The van der Waals surface area contributed by atoms with Gasteiger partial charge in [-0.25, -0.2) is 0 Å². The number of aromatic nitrogens is 4. The molecule has 0 bridgehead atoms. The molecular formula is C25H32N6O6. The van der Waals surface area contributed by atoms with E-state index in [9.17, 15) is 9.59 Å². The molecule has 37 heavy (non-hydrogen) atoms. The lowest BCUT2D eigenvalue weighted by Gasteiger charge is -2.31. The Kier molecular flexibility index (Phi) is 7.65. The van der Waals surface area contributed by atoms with Crippen molar-refractivity contribution in [2.75, 3.05) is 26.3 Å². The first-order valence-electron chi connectivity index (χ1n) is 12.7. The number of aryl methyl sites for hydroxylation is 2. The second-order valence-electron chi connectivity index (χ2n) is 9.47. The Morgan fingerprint density at radius 1 is 1.05 bits per heavy atom. The minimum Gasteiger partial charge on any atom is -0.464 e. The standard InChI is InChI=1S/C25H32N6O6/c1-16-7-9-20(36-16)23(25(33)26-13-18-5-3-11-34-18)30(14-19-6-4-12-35-19)22(32)15-31-28-24(27-29-31)21-10-8-17(2)37-21/h7-10,18-19,23H,3-6,11-15H2,1-2H3,(H,26,33)/t18-,19-,23-/m0/s1. The molecule has 2 aliphatic heterocycles. The second-order valence-corrected chi connectivity index (χ2v) is 9.47. The third-order valence-corrected chi connectivity index (χ3v) is 6.55. The largest absolute Gasteiger partial charge is 0.464 e. The molecule has 12 heteroatoms. The van der Waals surface area contributed by atoms with Crippen LogP contribution in [0.2, 0.25) is 0 Å². The van der Waals surface area contributed by atoms with Crippen LogP contribution in [0.5, 0.6) is 0 Å². The molecule has 2 amide bonds. The maximum atomic E-state index is 13.7.